The van der Waals surface area contributed by atoms with Gasteiger partial charge in [0.05, 0.1) is 11.6 Å². The molecule has 0 aromatic heterocycles. The number of rotatable bonds is 9. The van der Waals surface area contributed by atoms with Gasteiger partial charge in [-0.25, -0.2) is 0 Å². The maximum Gasteiger partial charge on any atom is 0.0991 e. The molecule has 0 amide bonds. The number of nitriles is 1. The summed E-state index contributed by atoms with van der Waals surface area (Å²) in [4.78, 5) is 0. The minimum absolute atomic E-state index is 0.689. The van der Waals surface area contributed by atoms with Crippen LogP contribution >= 0.6 is 0 Å². The largest absolute Gasteiger partial charge is 0.381 e. The van der Waals surface area contributed by atoms with Crippen LogP contribution in [0.3, 0.4) is 0 Å². The Kier molecular flexibility index (Phi) is 7.90. The Hall–Kier alpha value is -1.59. The van der Waals surface area contributed by atoms with Crippen LogP contribution in [0.5, 0.6) is 0 Å². The number of benzene rings is 1. The third-order valence-corrected chi connectivity index (χ3v) is 4.96. The number of unbranched alkanes of at least 4 members (excludes halogenated alkanes) is 1. The lowest BCUT2D eigenvalue weighted by Gasteiger charge is -2.28. The van der Waals surface area contributed by atoms with Crippen molar-refractivity contribution in [1.29, 1.82) is 5.26 Å². The van der Waals surface area contributed by atoms with E-state index < -0.39 is 0 Å². The molecule has 0 atom stereocenters. The summed E-state index contributed by atoms with van der Waals surface area (Å²) in [6, 6.07) is 10.4. The van der Waals surface area contributed by atoms with E-state index in [4.69, 9.17) is 10.00 Å². The van der Waals surface area contributed by atoms with E-state index in [1.165, 1.54) is 44.1 Å². The van der Waals surface area contributed by atoms with Gasteiger partial charge < -0.3 is 4.74 Å². The highest BCUT2D eigenvalue weighted by Gasteiger charge is 2.21. The van der Waals surface area contributed by atoms with Gasteiger partial charge in [-0.05, 0) is 80.9 Å². The standard InChI is InChI=1S/C21H29NO/c1-2-3-4-15-23-16-5-6-18-7-11-20(12-8-18)21-13-9-19(17-22)10-14-21/h2,9-10,13-14,18,20H,1,3-8,11-12,15-16H2/t18-,20-. The molecule has 0 radical (unpaired) electrons. The predicted octanol–water partition coefficient (Wildman–Crippen LogP) is 5.60. The van der Waals surface area contributed by atoms with Crippen molar-refractivity contribution in [3.8, 4) is 6.07 Å². The zero-order chi connectivity index (χ0) is 16.3. The van der Waals surface area contributed by atoms with Gasteiger partial charge in [-0.1, -0.05) is 18.2 Å². The van der Waals surface area contributed by atoms with Crippen LogP contribution in [0.4, 0.5) is 0 Å². The summed E-state index contributed by atoms with van der Waals surface area (Å²) < 4.78 is 5.66. The van der Waals surface area contributed by atoms with Gasteiger partial charge in [0.1, 0.15) is 0 Å². The number of hydrogen-bond acceptors (Lipinski definition) is 2. The Balaban J connectivity index is 1.60. The molecule has 0 saturated heterocycles. The van der Waals surface area contributed by atoms with Gasteiger partial charge in [0, 0.05) is 13.2 Å². The minimum Gasteiger partial charge on any atom is -0.381 e. The van der Waals surface area contributed by atoms with Crippen molar-refractivity contribution in [1.82, 2.24) is 0 Å². The third kappa shape index (κ3) is 6.20. The molecular weight excluding hydrogens is 282 g/mol. The first-order chi connectivity index (χ1) is 11.3. The Labute approximate surface area is 141 Å². The topological polar surface area (TPSA) is 33.0 Å². The van der Waals surface area contributed by atoms with Gasteiger partial charge in [0.25, 0.3) is 0 Å². The van der Waals surface area contributed by atoms with Gasteiger partial charge in [0.2, 0.25) is 0 Å². The number of nitrogens with zero attached hydrogens (tertiary/aromatic N) is 1. The van der Waals surface area contributed by atoms with Crippen molar-refractivity contribution in [3.63, 3.8) is 0 Å². The zero-order valence-electron chi connectivity index (χ0n) is 14.2. The van der Waals surface area contributed by atoms with Gasteiger partial charge in [-0.15, -0.1) is 6.58 Å². The highest BCUT2D eigenvalue weighted by atomic mass is 16.5. The third-order valence-electron chi connectivity index (χ3n) is 4.96. The van der Waals surface area contributed by atoms with Crippen molar-refractivity contribution >= 4 is 0 Å². The smallest absolute Gasteiger partial charge is 0.0991 e. The molecule has 0 aliphatic heterocycles. The molecule has 0 heterocycles. The van der Waals surface area contributed by atoms with E-state index in [1.54, 1.807) is 0 Å². The molecule has 1 aliphatic carbocycles. The normalized spacial score (nSPS) is 20.8. The van der Waals surface area contributed by atoms with Crippen LogP contribution in [0, 0.1) is 17.2 Å². The Morgan fingerprint density at radius 2 is 1.78 bits per heavy atom. The maximum atomic E-state index is 8.87. The molecule has 1 aliphatic rings. The molecule has 0 spiro atoms. The minimum atomic E-state index is 0.689. The van der Waals surface area contributed by atoms with E-state index in [9.17, 15) is 0 Å². The van der Waals surface area contributed by atoms with Gasteiger partial charge in [-0.2, -0.15) is 5.26 Å². The van der Waals surface area contributed by atoms with Gasteiger partial charge >= 0.3 is 0 Å². The predicted molar refractivity (Wildman–Crippen MR) is 95.3 cm³/mol. The fourth-order valence-corrected chi connectivity index (χ4v) is 3.52. The quantitative estimate of drug-likeness (QED) is 0.439. The second kappa shape index (κ2) is 10.2. The average molecular weight is 311 g/mol. The highest BCUT2D eigenvalue weighted by molar-refractivity contribution is 5.33. The molecule has 0 N–H and O–H groups in total. The highest BCUT2D eigenvalue weighted by Crippen LogP contribution is 2.37. The lowest BCUT2D eigenvalue weighted by molar-refractivity contribution is 0.122. The van der Waals surface area contributed by atoms with Crippen molar-refractivity contribution in [2.24, 2.45) is 5.92 Å². The molecule has 124 valence electrons. The number of allylic oxidation sites excluding steroid dienone is 1. The number of ether oxygens (including phenoxy) is 1. The first-order valence-electron chi connectivity index (χ1n) is 9.02. The van der Waals surface area contributed by atoms with Crippen molar-refractivity contribution < 1.29 is 4.74 Å². The first kappa shape index (κ1) is 17.8. The molecule has 1 aromatic rings. The number of hydrogen-bond donors (Lipinski definition) is 0. The SMILES string of the molecule is C=CCCCOCCC[C@H]1CC[C@H](c2ccc(C#N)cc2)CC1. The molecular formula is C21H29NO. The molecule has 0 unspecified atom stereocenters. The first-order valence-corrected chi connectivity index (χ1v) is 9.02. The summed E-state index contributed by atoms with van der Waals surface area (Å²) >= 11 is 0. The van der Waals surface area contributed by atoms with Crippen LogP contribution in [-0.4, -0.2) is 13.2 Å². The maximum absolute atomic E-state index is 8.87. The monoisotopic (exact) mass is 311 g/mol. The molecule has 1 fully saturated rings. The Morgan fingerprint density at radius 1 is 1.09 bits per heavy atom. The van der Waals surface area contributed by atoms with Gasteiger partial charge in [-0.3, -0.25) is 0 Å². The Bertz CT molecular complexity index is 492. The summed E-state index contributed by atoms with van der Waals surface area (Å²) in [5, 5.41) is 8.87. The van der Waals surface area contributed by atoms with E-state index in [1.807, 2.05) is 18.2 Å². The van der Waals surface area contributed by atoms with Crippen LogP contribution in [0.1, 0.15) is 68.4 Å². The Morgan fingerprint density at radius 3 is 2.43 bits per heavy atom. The van der Waals surface area contributed by atoms with Gasteiger partial charge in [0.15, 0.2) is 0 Å². The summed E-state index contributed by atoms with van der Waals surface area (Å²) in [5.74, 6) is 1.57. The lowest BCUT2D eigenvalue weighted by atomic mass is 9.77. The van der Waals surface area contributed by atoms with Crippen LogP contribution in [0.25, 0.3) is 0 Å². The molecule has 0 bridgehead atoms. The van der Waals surface area contributed by atoms with E-state index in [2.05, 4.69) is 24.8 Å². The summed E-state index contributed by atoms with van der Waals surface area (Å²) in [7, 11) is 0. The van der Waals surface area contributed by atoms with Crippen LogP contribution in [0.2, 0.25) is 0 Å². The summed E-state index contributed by atoms with van der Waals surface area (Å²) in [5.41, 5.74) is 2.17. The van der Waals surface area contributed by atoms with Crippen LogP contribution in [0.15, 0.2) is 36.9 Å². The summed E-state index contributed by atoms with van der Waals surface area (Å²) in [6.07, 6.45) is 11.9. The van der Waals surface area contributed by atoms with E-state index in [0.29, 0.717) is 5.92 Å². The van der Waals surface area contributed by atoms with Crippen molar-refractivity contribution in [2.75, 3.05) is 13.2 Å². The van der Waals surface area contributed by atoms with E-state index in [-0.39, 0.29) is 0 Å². The van der Waals surface area contributed by atoms with Crippen LogP contribution in [-0.2, 0) is 4.74 Å². The molecule has 1 aromatic carbocycles. The van der Waals surface area contributed by atoms with E-state index >= 15 is 0 Å². The molecule has 23 heavy (non-hydrogen) atoms. The molecule has 2 rings (SSSR count). The zero-order valence-corrected chi connectivity index (χ0v) is 14.2. The summed E-state index contributed by atoms with van der Waals surface area (Å²) in [6.45, 7) is 5.50. The van der Waals surface area contributed by atoms with Crippen LogP contribution < -0.4 is 0 Å². The van der Waals surface area contributed by atoms with Crippen molar-refractivity contribution in [2.45, 2.75) is 57.3 Å². The molecule has 1 saturated carbocycles. The second-order valence-electron chi connectivity index (χ2n) is 6.64. The molecule has 2 heteroatoms. The van der Waals surface area contributed by atoms with E-state index in [0.717, 1.165) is 37.5 Å². The average Bonchev–Trinajstić information content (AvgIpc) is 2.61. The fraction of sp³-hybridized carbons (Fsp3) is 0.571. The fourth-order valence-electron chi connectivity index (χ4n) is 3.52. The van der Waals surface area contributed by atoms with Crippen molar-refractivity contribution in [3.05, 3.63) is 48.0 Å². The second-order valence-corrected chi connectivity index (χ2v) is 6.64. The lowest BCUT2D eigenvalue weighted by Crippen LogP contribution is -2.14. The molecule has 2 nitrogen and oxygen atoms in total.